The SMILES string of the molecule is C[C@@H](OC(=O)Cc1n[nH]c(=O)c2ccccc12)C(=O)N[C@@H]1CCCc2ccccc21. The number of esters is 1. The van der Waals surface area contributed by atoms with Crippen molar-refractivity contribution in [2.24, 2.45) is 0 Å². The van der Waals surface area contributed by atoms with Gasteiger partial charge < -0.3 is 10.1 Å². The van der Waals surface area contributed by atoms with Gasteiger partial charge in [0.1, 0.15) is 0 Å². The van der Waals surface area contributed by atoms with Gasteiger partial charge in [-0.05, 0) is 43.4 Å². The molecule has 4 rings (SSSR count). The lowest BCUT2D eigenvalue weighted by atomic mass is 9.87. The minimum absolute atomic E-state index is 0.0755. The molecule has 154 valence electrons. The topological polar surface area (TPSA) is 101 Å². The van der Waals surface area contributed by atoms with Crippen LogP contribution in [0.1, 0.15) is 42.6 Å². The highest BCUT2D eigenvalue weighted by atomic mass is 16.5. The molecule has 1 heterocycles. The Kier molecular flexibility index (Phi) is 5.61. The minimum Gasteiger partial charge on any atom is -0.452 e. The van der Waals surface area contributed by atoms with E-state index < -0.39 is 12.1 Å². The quantitative estimate of drug-likeness (QED) is 0.636. The summed E-state index contributed by atoms with van der Waals surface area (Å²) >= 11 is 0. The molecule has 2 atom stereocenters. The number of ether oxygens (including phenoxy) is 1. The Morgan fingerprint density at radius 1 is 1.17 bits per heavy atom. The second-order valence-corrected chi connectivity index (χ2v) is 7.51. The van der Waals surface area contributed by atoms with Gasteiger partial charge in [-0.1, -0.05) is 42.5 Å². The predicted molar refractivity (Wildman–Crippen MR) is 112 cm³/mol. The molecule has 0 unspecified atom stereocenters. The number of nitrogens with one attached hydrogen (secondary N) is 2. The van der Waals surface area contributed by atoms with Gasteiger partial charge in [-0.2, -0.15) is 5.10 Å². The molecule has 0 radical (unpaired) electrons. The molecule has 30 heavy (non-hydrogen) atoms. The second kappa shape index (κ2) is 8.49. The molecule has 3 aromatic rings. The predicted octanol–water partition coefficient (Wildman–Crippen LogP) is 2.59. The van der Waals surface area contributed by atoms with E-state index >= 15 is 0 Å². The van der Waals surface area contributed by atoms with Crippen molar-refractivity contribution in [3.8, 4) is 0 Å². The van der Waals surface area contributed by atoms with Crippen LogP contribution in [-0.4, -0.2) is 28.2 Å². The van der Waals surface area contributed by atoms with Crippen LogP contribution in [0.4, 0.5) is 0 Å². The van der Waals surface area contributed by atoms with Crippen LogP contribution in [0.25, 0.3) is 10.8 Å². The Labute approximate surface area is 173 Å². The molecule has 1 amide bonds. The monoisotopic (exact) mass is 405 g/mol. The lowest BCUT2D eigenvalue weighted by molar-refractivity contribution is -0.154. The Morgan fingerprint density at radius 3 is 2.73 bits per heavy atom. The summed E-state index contributed by atoms with van der Waals surface area (Å²) in [6.07, 6.45) is 1.80. The molecule has 7 nitrogen and oxygen atoms in total. The van der Waals surface area contributed by atoms with Gasteiger partial charge in [0.05, 0.1) is 23.5 Å². The van der Waals surface area contributed by atoms with Crippen LogP contribution < -0.4 is 10.9 Å². The Bertz CT molecular complexity index is 1150. The fourth-order valence-electron chi connectivity index (χ4n) is 3.93. The third kappa shape index (κ3) is 4.10. The van der Waals surface area contributed by atoms with Crippen LogP contribution in [0.15, 0.2) is 53.3 Å². The number of nitrogens with zero attached hydrogens (tertiary/aromatic N) is 1. The van der Waals surface area contributed by atoms with E-state index in [0.717, 1.165) is 24.8 Å². The van der Waals surface area contributed by atoms with E-state index in [1.807, 2.05) is 18.2 Å². The molecular formula is C23H23N3O4. The zero-order chi connectivity index (χ0) is 21.1. The zero-order valence-electron chi connectivity index (χ0n) is 16.7. The van der Waals surface area contributed by atoms with E-state index in [-0.39, 0.29) is 23.9 Å². The van der Waals surface area contributed by atoms with E-state index in [1.54, 1.807) is 31.2 Å². The summed E-state index contributed by atoms with van der Waals surface area (Å²) in [5, 5.41) is 10.4. The first-order valence-corrected chi connectivity index (χ1v) is 10.1. The third-order valence-corrected chi connectivity index (χ3v) is 5.45. The number of amides is 1. The van der Waals surface area contributed by atoms with Gasteiger partial charge in [-0.3, -0.25) is 14.4 Å². The van der Waals surface area contributed by atoms with Crippen LogP contribution in [0.5, 0.6) is 0 Å². The van der Waals surface area contributed by atoms with Crippen molar-refractivity contribution in [3.05, 3.63) is 75.7 Å². The van der Waals surface area contributed by atoms with Crippen molar-refractivity contribution in [1.29, 1.82) is 0 Å². The average molecular weight is 405 g/mol. The molecule has 0 saturated heterocycles. The average Bonchev–Trinajstić information content (AvgIpc) is 2.76. The molecule has 0 saturated carbocycles. The van der Waals surface area contributed by atoms with Crippen molar-refractivity contribution in [3.63, 3.8) is 0 Å². The summed E-state index contributed by atoms with van der Waals surface area (Å²) in [7, 11) is 0. The van der Waals surface area contributed by atoms with Crippen molar-refractivity contribution in [2.75, 3.05) is 0 Å². The first kappa shape index (κ1) is 19.8. The number of benzene rings is 2. The largest absolute Gasteiger partial charge is 0.452 e. The van der Waals surface area contributed by atoms with Gasteiger partial charge in [-0.15, -0.1) is 0 Å². The van der Waals surface area contributed by atoms with Crippen LogP contribution in [-0.2, 0) is 27.2 Å². The first-order valence-electron chi connectivity index (χ1n) is 10.1. The van der Waals surface area contributed by atoms with Crippen LogP contribution in [0.2, 0.25) is 0 Å². The highest BCUT2D eigenvalue weighted by Gasteiger charge is 2.25. The summed E-state index contributed by atoms with van der Waals surface area (Å²) in [5.74, 6) is -0.907. The maximum absolute atomic E-state index is 12.6. The zero-order valence-corrected chi connectivity index (χ0v) is 16.7. The molecule has 1 aliphatic rings. The van der Waals surface area contributed by atoms with Crippen molar-refractivity contribution in [1.82, 2.24) is 15.5 Å². The summed E-state index contributed by atoms with van der Waals surface area (Å²) in [6.45, 7) is 1.56. The van der Waals surface area contributed by atoms with Gasteiger partial charge in [0.25, 0.3) is 11.5 Å². The molecule has 0 aliphatic heterocycles. The standard InChI is InChI=1S/C23H23N3O4/c1-14(22(28)24-19-12-6-8-15-7-2-3-9-16(15)19)30-21(27)13-20-17-10-4-5-11-18(17)23(29)26-25-20/h2-5,7,9-11,14,19H,6,8,12-13H2,1H3,(H,24,28)(H,26,29)/t14-,19-/m1/s1. The normalized spacial score (nSPS) is 16.5. The van der Waals surface area contributed by atoms with Crippen LogP contribution >= 0.6 is 0 Å². The third-order valence-electron chi connectivity index (χ3n) is 5.45. The number of hydrogen-bond acceptors (Lipinski definition) is 5. The molecule has 7 heteroatoms. The second-order valence-electron chi connectivity index (χ2n) is 7.51. The smallest absolute Gasteiger partial charge is 0.312 e. The number of carbonyl (C=O) groups is 2. The maximum Gasteiger partial charge on any atom is 0.312 e. The summed E-state index contributed by atoms with van der Waals surface area (Å²) in [4.78, 5) is 36.9. The lowest BCUT2D eigenvalue weighted by Crippen LogP contribution is -2.39. The number of aryl methyl sites for hydroxylation is 1. The number of aromatic amines is 1. The molecule has 2 aromatic carbocycles. The Balaban J connectivity index is 1.40. The molecule has 1 aliphatic carbocycles. The number of rotatable bonds is 5. The highest BCUT2D eigenvalue weighted by Crippen LogP contribution is 2.29. The van der Waals surface area contributed by atoms with E-state index in [4.69, 9.17) is 4.74 Å². The number of carbonyl (C=O) groups excluding carboxylic acids is 2. The highest BCUT2D eigenvalue weighted by molar-refractivity contribution is 5.88. The van der Waals surface area contributed by atoms with Gasteiger partial charge >= 0.3 is 5.97 Å². The molecule has 0 fully saturated rings. The number of aromatic nitrogens is 2. The summed E-state index contributed by atoms with van der Waals surface area (Å²) < 4.78 is 5.34. The first-order chi connectivity index (χ1) is 14.5. The lowest BCUT2D eigenvalue weighted by Gasteiger charge is -2.27. The van der Waals surface area contributed by atoms with E-state index in [0.29, 0.717) is 16.5 Å². The van der Waals surface area contributed by atoms with Crippen molar-refractivity contribution >= 4 is 22.6 Å². The maximum atomic E-state index is 12.6. The summed E-state index contributed by atoms with van der Waals surface area (Å²) in [5.41, 5.74) is 2.46. The van der Waals surface area contributed by atoms with Gasteiger partial charge in [-0.25, -0.2) is 5.10 Å². The van der Waals surface area contributed by atoms with Crippen LogP contribution in [0.3, 0.4) is 0 Å². The fraction of sp³-hybridized carbons (Fsp3) is 0.304. The molecule has 0 spiro atoms. The Morgan fingerprint density at radius 2 is 1.90 bits per heavy atom. The molecule has 1 aromatic heterocycles. The van der Waals surface area contributed by atoms with E-state index in [2.05, 4.69) is 21.6 Å². The van der Waals surface area contributed by atoms with Crippen molar-refractivity contribution in [2.45, 2.75) is 44.8 Å². The minimum atomic E-state index is -0.930. The Hall–Kier alpha value is -3.48. The molecule has 2 N–H and O–H groups in total. The molecule has 0 bridgehead atoms. The van der Waals surface area contributed by atoms with Crippen LogP contribution in [0, 0.1) is 0 Å². The van der Waals surface area contributed by atoms with Gasteiger partial charge in [0.15, 0.2) is 6.10 Å². The number of fused-ring (bicyclic) bond motifs is 2. The van der Waals surface area contributed by atoms with Crippen molar-refractivity contribution < 1.29 is 14.3 Å². The number of hydrogen-bond donors (Lipinski definition) is 2. The molecular weight excluding hydrogens is 382 g/mol. The summed E-state index contributed by atoms with van der Waals surface area (Å²) in [6, 6.07) is 14.9. The number of H-pyrrole nitrogens is 1. The van der Waals surface area contributed by atoms with Gasteiger partial charge in [0, 0.05) is 5.39 Å². The van der Waals surface area contributed by atoms with E-state index in [1.165, 1.54) is 5.56 Å². The fourth-order valence-corrected chi connectivity index (χ4v) is 3.93. The van der Waals surface area contributed by atoms with Gasteiger partial charge in [0.2, 0.25) is 0 Å². The van der Waals surface area contributed by atoms with E-state index in [9.17, 15) is 14.4 Å².